The van der Waals surface area contributed by atoms with Crippen LogP contribution in [0.4, 0.5) is 17.3 Å². The molecule has 1 aliphatic rings. The van der Waals surface area contributed by atoms with Crippen LogP contribution >= 0.6 is 11.6 Å². The maximum absolute atomic E-state index is 9.43. The first-order valence-electron chi connectivity index (χ1n) is 8.91. The minimum atomic E-state index is -0.711. The molecule has 2 heterocycles. The number of hydrogen-bond acceptors (Lipinski definition) is 9. The predicted molar refractivity (Wildman–Crippen MR) is 111 cm³/mol. The third-order valence-electron chi connectivity index (χ3n) is 4.38. The van der Waals surface area contributed by atoms with E-state index in [1.165, 1.54) is 0 Å². The number of hydrogen-bond donors (Lipinski definition) is 4. The van der Waals surface area contributed by atoms with E-state index in [0.29, 0.717) is 34.3 Å². The highest BCUT2D eigenvalue weighted by atomic mass is 35.5. The van der Waals surface area contributed by atoms with E-state index in [9.17, 15) is 5.26 Å². The van der Waals surface area contributed by atoms with Gasteiger partial charge in [0, 0.05) is 16.1 Å². The van der Waals surface area contributed by atoms with E-state index < -0.39 is 6.04 Å². The molecule has 0 radical (unpaired) electrons. The molecule has 1 unspecified atom stereocenters. The van der Waals surface area contributed by atoms with Gasteiger partial charge in [0.15, 0.2) is 6.19 Å². The summed E-state index contributed by atoms with van der Waals surface area (Å²) in [5.74, 6) is 1.03. The number of fused-ring (bicyclic) bond motifs is 1. The van der Waals surface area contributed by atoms with E-state index in [1.807, 2.05) is 12.3 Å². The number of nitriles is 2. The zero-order valence-electron chi connectivity index (χ0n) is 15.7. The van der Waals surface area contributed by atoms with Crippen LogP contribution in [0.2, 0.25) is 5.02 Å². The lowest BCUT2D eigenvalue weighted by Gasteiger charge is -2.27. The summed E-state index contributed by atoms with van der Waals surface area (Å²) in [4.78, 5) is 8.78. The highest BCUT2D eigenvalue weighted by Crippen LogP contribution is 2.43. The molecule has 1 aromatic carbocycles. The lowest BCUT2D eigenvalue weighted by molar-refractivity contribution is 0.305. The number of anilines is 3. The number of aromatic nitrogens is 1. The number of rotatable bonds is 5. The topological polar surface area (TPSA) is 158 Å². The van der Waals surface area contributed by atoms with E-state index >= 15 is 0 Å². The Labute approximate surface area is 172 Å². The molecule has 2 aromatic rings. The molecule has 0 saturated carbocycles. The predicted octanol–water partition coefficient (Wildman–Crippen LogP) is 2.89. The summed E-state index contributed by atoms with van der Waals surface area (Å²) in [5, 5.41) is 24.3. The Hall–Kier alpha value is -3.69. The molecule has 3 rings (SSSR count). The van der Waals surface area contributed by atoms with Gasteiger partial charge in [-0.1, -0.05) is 24.9 Å². The average Bonchev–Trinajstić information content (AvgIpc) is 2.69. The molecule has 6 N–H and O–H groups in total. The van der Waals surface area contributed by atoms with Crippen molar-refractivity contribution in [2.75, 3.05) is 23.4 Å². The van der Waals surface area contributed by atoms with Crippen molar-refractivity contribution >= 4 is 34.9 Å². The van der Waals surface area contributed by atoms with Gasteiger partial charge in [0.05, 0.1) is 12.3 Å². The molecule has 9 nitrogen and oxygen atoms in total. The van der Waals surface area contributed by atoms with Crippen molar-refractivity contribution in [3.63, 3.8) is 0 Å². The summed E-state index contributed by atoms with van der Waals surface area (Å²) in [6.07, 6.45) is 3.68. The second kappa shape index (κ2) is 8.55. The van der Waals surface area contributed by atoms with E-state index in [4.69, 9.17) is 33.1 Å². The van der Waals surface area contributed by atoms with Gasteiger partial charge in [0.1, 0.15) is 35.1 Å². The van der Waals surface area contributed by atoms with Gasteiger partial charge in [0.25, 0.3) is 0 Å². The molecule has 10 heteroatoms. The average molecular weight is 411 g/mol. The molecule has 0 saturated heterocycles. The lowest BCUT2D eigenvalue weighted by atomic mass is 9.94. The number of unbranched alkanes of at least 4 members (excludes halogenated alkanes) is 1. The first-order chi connectivity index (χ1) is 14.0. The van der Waals surface area contributed by atoms with Crippen molar-refractivity contribution in [3.05, 3.63) is 39.9 Å². The van der Waals surface area contributed by atoms with Gasteiger partial charge < -0.3 is 21.5 Å². The van der Waals surface area contributed by atoms with E-state index in [2.05, 4.69) is 27.5 Å². The summed E-state index contributed by atoms with van der Waals surface area (Å²) in [6.45, 7) is 2.59. The summed E-state index contributed by atoms with van der Waals surface area (Å²) < 4.78 is 5.93. The fourth-order valence-corrected chi connectivity index (χ4v) is 3.18. The SMILES string of the molecule is CCCCOc1ccc(Cl)cc1C1N=C(NC#N)Nc2nc(N)c(C#N)c(N)c21. The third kappa shape index (κ3) is 3.96. The first kappa shape index (κ1) is 20.1. The Kier molecular flexibility index (Phi) is 5.91. The summed E-state index contributed by atoms with van der Waals surface area (Å²) >= 11 is 6.24. The zero-order chi connectivity index (χ0) is 21.0. The third-order valence-corrected chi connectivity index (χ3v) is 4.61. The van der Waals surface area contributed by atoms with Crippen LogP contribution in [0.5, 0.6) is 5.75 Å². The van der Waals surface area contributed by atoms with Gasteiger partial charge in [-0.25, -0.2) is 9.98 Å². The summed E-state index contributed by atoms with van der Waals surface area (Å²) in [7, 11) is 0. The smallest absolute Gasteiger partial charge is 0.211 e. The number of ether oxygens (including phenoxy) is 1. The maximum Gasteiger partial charge on any atom is 0.211 e. The molecule has 1 aromatic heterocycles. The standard InChI is InChI=1S/C19H19ClN8O/c1-2-3-6-29-13-5-4-10(20)7-11(13)16-14-15(23)12(8-21)17(24)27-18(14)28-19(26-16)25-9-22/h4-5,7,16H,2-3,6H2,1H3,(H6,23,24,25,26,27,28). The Morgan fingerprint density at radius 3 is 2.83 bits per heavy atom. The monoisotopic (exact) mass is 410 g/mol. The number of guanidine groups is 1. The number of benzene rings is 1. The largest absolute Gasteiger partial charge is 0.493 e. The molecule has 0 aliphatic carbocycles. The number of nitrogen functional groups attached to an aromatic ring is 2. The minimum Gasteiger partial charge on any atom is -0.493 e. The minimum absolute atomic E-state index is 0.0151. The quantitative estimate of drug-likeness (QED) is 0.332. The van der Waals surface area contributed by atoms with Crippen molar-refractivity contribution in [1.29, 1.82) is 10.5 Å². The second-order valence-electron chi connectivity index (χ2n) is 6.29. The van der Waals surface area contributed by atoms with Gasteiger partial charge in [0.2, 0.25) is 5.96 Å². The highest BCUT2D eigenvalue weighted by Gasteiger charge is 2.31. The van der Waals surface area contributed by atoms with Crippen LogP contribution < -0.4 is 26.8 Å². The van der Waals surface area contributed by atoms with Crippen molar-refractivity contribution in [1.82, 2.24) is 10.3 Å². The van der Waals surface area contributed by atoms with Gasteiger partial charge in [-0.05, 0) is 24.6 Å². The molecule has 1 atom stereocenters. The molecule has 29 heavy (non-hydrogen) atoms. The maximum atomic E-state index is 9.43. The van der Waals surface area contributed by atoms with E-state index in [1.54, 1.807) is 18.2 Å². The Balaban J connectivity index is 2.20. The van der Waals surface area contributed by atoms with Gasteiger partial charge in [-0.15, -0.1) is 0 Å². The number of nitrogens with two attached hydrogens (primary N) is 2. The van der Waals surface area contributed by atoms with Crippen molar-refractivity contribution in [2.24, 2.45) is 4.99 Å². The Morgan fingerprint density at radius 1 is 1.34 bits per heavy atom. The Bertz CT molecular complexity index is 1050. The summed E-state index contributed by atoms with van der Waals surface area (Å²) in [6, 6.07) is 6.46. The fourth-order valence-electron chi connectivity index (χ4n) is 3.00. The van der Waals surface area contributed by atoms with Gasteiger partial charge in [-0.2, -0.15) is 10.5 Å². The van der Waals surface area contributed by atoms with Crippen LogP contribution in [0.3, 0.4) is 0 Å². The van der Waals surface area contributed by atoms with E-state index in [0.717, 1.165) is 12.8 Å². The number of nitrogens with one attached hydrogen (secondary N) is 2. The summed E-state index contributed by atoms with van der Waals surface area (Å²) in [5.41, 5.74) is 13.5. The van der Waals surface area contributed by atoms with E-state index in [-0.39, 0.29) is 23.0 Å². The van der Waals surface area contributed by atoms with Crippen molar-refractivity contribution in [3.8, 4) is 18.0 Å². The van der Waals surface area contributed by atoms with Crippen LogP contribution in [0, 0.1) is 22.8 Å². The van der Waals surface area contributed by atoms with Crippen LogP contribution in [-0.2, 0) is 0 Å². The number of nitrogens with zero attached hydrogens (tertiary/aromatic N) is 4. The van der Waals surface area contributed by atoms with Crippen molar-refractivity contribution < 1.29 is 4.74 Å². The normalized spacial score (nSPS) is 14.6. The first-order valence-corrected chi connectivity index (χ1v) is 9.29. The molecular weight excluding hydrogens is 392 g/mol. The highest BCUT2D eigenvalue weighted by molar-refractivity contribution is 6.30. The second-order valence-corrected chi connectivity index (χ2v) is 6.72. The molecule has 0 amide bonds. The lowest BCUT2D eigenvalue weighted by Crippen LogP contribution is -2.33. The molecule has 148 valence electrons. The van der Waals surface area contributed by atoms with Crippen LogP contribution in [0.25, 0.3) is 0 Å². The number of aliphatic imine (C=N–C) groups is 1. The molecule has 0 spiro atoms. The van der Waals surface area contributed by atoms with Crippen LogP contribution in [0.1, 0.15) is 42.5 Å². The number of halogens is 1. The Morgan fingerprint density at radius 2 is 2.14 bits per heavy atom. The van der Waals surface area contributed by atoms with Crippen LogP contribution in [-0.4, -0.2) is 17.6 Å². The zero-order valence-corrected chi connectivity index (χ0v) is 16.4. The van der Waals surface area contributed by atoms with Crippen LogP contribution in [0.15, 0.2) is 23.2 Å². The van der Waals surface area contributed by atoms with Gasteiger partial charge in [-0.3, -0.25) is 5.32 Å². The van der Waals surface area contributed by atoms with Crippen molar-refractivity contribution in [2.45, 2.75) is 25.8 Å². The number of pyridine rings is 1. The molecule has 0 bridgehead atoms. The molecule has 1 aliphatic heterocycles. The molecule has 0 fully saturated rings. The fraction of sp³-hybridized carbons (Fsp3) is 0.263. The van der Waals surface area contributed by atoms with Gasteiger partial charge >= 0.3 is 0 Å². The molecular formula is C19H19ClN8O.